The van der Waals surface area contributed by atoms with E-state index >= 15 is 0 Å². The van der Waals surface area contributed by atoms with Crippen LogP contribution in [0.2, 0.25) is 0 Å². The third-order valence-electron chi connectivity index (χ3n) is 0.553. The van der Waals surface area contributed by atoms with E-state index in [-0.39, 0.29) is 0 Å². The van der Waals surface area contributed by atoms with Gasteiger partial charge in [0.2, 0.25) is 0 Å². The molecule has 0 aliphatic rings. The molecule has 0 spiro atoms. The van der Waals surface area contributed by atoms with Gasteiger partial charge < -0.3 is 0 Å². The summed E-state index contributed by atoms with van der Waals surface area (Å²) >= 11 is 5.35. The maximum absolute atomic E-state index is 8.02. The lowest BCUT2D eigenvalue weighted by atomic mass is 10.5. The average molecular weight is 131 g/mol. The lowest BCUT2D eigenvalue weighted by molar-refractivity contribution is 1.02. The summed E-state index contributed by atoms with van der Waals surface area (Å²) in [6.07, 6.45) is 0.448. The Morgan fingerprint density at radius 3 is 2.88 bits per heavy atom. The third-order valence-corrected chi connectivity index (χ3v) is 0.673. The van der Waals surface area contributed by atoms with Crippen molar-refractivity contribution < 1.29 is 0 Å². The van der Waals surface area contributed by atoms with Gasteiger partial charge >= 0.3 is 0 Å². The standard InChI is InChI=1S/C5H7ClN2/c1-5(6)8-4-2-3-7/h2,4H2,1H3. The highest BCUT2D eigenvalue weighted by molar-refractivity contribution is 6.64. The minimum atomic E-state index is 0.448. The van der Waals surface area contributed by atoms with E-state index in [4.69, 9.17) is 16.9 Å². The zero-order chi connectivity index (χ0) is 6.41. The first-order valence-corrected chi connectivity index (χ1v) is 2.68. The van der Waals surface area contributed by atoms with E-state index in [0.717, 1.165) is 0 Å². The molecule has 44 valence electrons. The maximum atomic E-state index is 8.02. The maximum Gasteiger partial charge on any atom is 0.0972 e. The van der Waals surface area contributed by atoms with Crippen molar-refractivity contribution in [1.29, 1.82) is 5.26 Å². The molecule has 0 aliphatic heterocycles. The molecular formula is C5H7ClN2. The smallest absolute Gasteiger partial charge is 0.0972 e. The Morgan fingerprint density at radius 1 is 1.88 bits per heavy atom. The Hall–Kier alpha value is -0.550. The van der Waals surface area contributed by atoms with Crippen LogP contribution in [0.25, 0.3) is 0 Å². The van der Waals surface area contributed by atoms with Gasteiger partial charge in [-0.1, -0.05) is 11.6 Å². The molecule has 0 aromatic heterocycles. The molecule has 0 N–H and O–H groups in total. The molecule has 0 fully saturated rings. The van der Waals surface area contributed by atoms with Crippen molar-refractivity contribution in [3.63, 3.8) is 0 Å². The quantitative estimate of drug-likeness (QED) is 0.413. The molecule has 0 rings (SSSR count). The van der Waals surface area contributed by atoms with Crippen molar-refractivity contribution in [2.45, 2.75) is 13.3 Å². The minimum absolute atomic E-state index is 0.448. The Labute approximate surface area is 53.8 Å². The van der Waals surface area contributed by atoms with Crippen molar-refractivity contribution >= 4 is 16.8 Å². The first-order valence-electron chi connectivity index (χ1n) is 2.31. The molecule has 0 atom stereocenters. The second-order valence-electron chi connectivity index (χ2n) is 1.29. The molecule has 0 unspecified atom stereocenters. The number of nitriles is 1. The summed E-state index contributed by atoms with van der Waals surface area (Å²) in [5.41, 5.74) is 0. The van der Waals surface area contributed by atoms with E-state index in [9.17, 15) is 0 Å². The average Bonchev–Trinajstić information content (AvgIpc) is 1.66. The molecule has 3 heteroatoms. The number of rotatable bonds is 2. The predicted octanol–water partition coefficient (Wildman–Crippen LogP) is 1.56. The Balaban J connectivity index is 3.20. The zero-order valence-electron chi connectivity index (χ0n) is 4.69. The highest BCUT2D eigenvalue weighted by Crippen LogP contribution is 1.84. The number of hydrogen-bond donors (Lipinski definition) is 0. The summed E-state index contributed by atoms with van der Waals surface area (Å²) in [7, 11) is 0. The van der Waals surface area contributed by atoms with Gasteiger partial charge in [-0.05, 0) is 6.92 Å². The fourth-order valence-electron chi connectivity index (χ4n) is 0.260. The molecule has 0 heterocycles. The van der Waals surface area contributed by atoms with Crippen LogP contribution in [0.1, 0.15) is 13.3 Å². The molecule has 0 saturated carbocycles. The van der Waals surface area contributed by atoms with E-state index < -0.39 is 0 Å². The Kier molecular flexibility index (Phi) is 4.29. The molecule has 0 radical (unpaired) electrons. The number of hydrogen-bond acceptors (Lipinski definition) is 2. The van der Waals surface area contributed by atoms with Crippen LogP contribution in [0.5, 0.6) is 0 Å². The Bertz CT molecular complexity index is 119. The largest absolute Gasteiger partial charge is 0.277 e. The van der Waals surface area contributed by atoms with Crippen LogP contribution in [0.15, 0.2) is 4.99 Å². The molecule has 0 aromatic rings. The number of nitrogens with zero attached hydrogens (tertiary/aromatic N) is 2. The lowest BCUT2D eigenvalue weighted by Crippen LogP contribution is -1.80. The van der Waals surface area contributed by atoms with Crippen LogP contribution < -0.4 is 0 Å². The van der Waals surface area contributed by atoms with E-state index in [1.54, 1.807) is 6.92 Å². The Morgan fingerprint density at radius 2 is 2.50 bits per heavy atom. The monoisotopic (exact) mass is 130 g/mol. The predicted molar refractivity (Wildman–Crippen MR) is 34.1 cm³/mol. The first kappa shape index (κ1) is 7.45. The van der Waals surface area contributed by atoms with Crippen molar-refractivity contribution in [2.24, 2.45) is 4.99 Å². The molecule has 0 saturated heterocycles. The summed E-state index contributed by atoms with van der Waals surface area (Å²) in [5.74, 6) is 0. The van der Waals surface area contributed by atoms with Crippen LogP contribution in [-0.2, 0) is 0 Å². The summed E-state index contributed by atoms with van der Waals surface area (Å²) in [6.45, 7) is 2.21. The van der Waals surface area contributed by atoms with Gasteiger partial charge in [0.05, 0.1) is 24.2 Å². The fourth-order valence-corrected chi connectivity index (χ4v) is 0.344. The molecular weight excluding hydrogens is 124 g/mol. The van der Waals surface area contributed by atoms with Crippen LogP contribution in [0.4, 0.5) is 0 Å². The minimum Gasteiger partial charge on any atom is -0.277 e. The van der Waals surface area contributed by atoms with Crippen molar-refractivity contribution in [1.82, 2.24) is 0 Å². The van der Waals surface area contributed by atoms with Crippen molar-refractivity contribution in [3.8, 4) is 6.07 Å². The summed E-state index contributed by atoms with van der Waals surface area (Å²) < 4.78 is 0. The summed E-state index contributed by atoms with van der Waals surface area (Å²) in [5, 5.41) is 8.53. The highest BCUT2D eigenvalue weighted by Gasteiger charge is 1.79. The molecule has 0 amide bonds. The van der Waals surface area contributed by atoms with E-state index in [1.165, 1.54) is 0 Å². The SMILES string of the molecule is CC(Cl)=NCCC#N. The van der Waals surface area contributed by atoms with Gasteiger partial charge in [0.15, 0.2) is 0 Å². The van der Waals surface area contributed by atoms with Crippen molar-refractivity contribution in [3.05, 3.63) is 0 Å². The number of aliphatic imine (C=N–C) groups is 1. The van der Waals surface area contributed by atoms with Gasteiger partial charge in [-0.3, -0.25) is 4.99 Å². The van der Waals surface area contributed by atoms with E-state index in [2.05, 4.69) is 4.99 Å². The van der Waals surface area contributed by atoms with Gasteiger partial charge in [-0.2, -0.15) is 5.26 Å². The normalized spacial score (nSPS) is 10.9. The second kappa shape index (κ2) is 4.61. The van der Waals surface area contributed by atoms with Crippen LogP contribution in [0.3, 0.4) is 0 Å². The molecule has 2 nitrogen and oxygen atoms in total. The highest BCUT2D eigenvalue weighted by atomic mass is 35.5. The molecule has 0 aliphatic carbocycles. The van der Waals surface area contributed by atoms with E-state index in [1.807, 2.05) is 6.07 Å². The lowest BCUT2D eigenvalue weighted by Gasteiger charge is -1.82. The molecule has 0 aromatic carbocycles. The van der Waals surface area contributed by atoms with Crippen molar-refractivity contribution in [2.75, 3.05) is 6.54 Å². The van der Waals surface area contributed by atoms with Gasteiger partial charge in [-0.15, -0.1) is 0 Å². The fraction of sp³-hybridized carbons (Fsp3) is 0.600. The third kappa shape index (κ3) is 5.45. The van der Waals surface area contributed by atoms with E-state index in [0.29, 0.717) is 18.1 Å². The van der Waals surface area contributed by atoms with Crippen LogP contribution in [-0.4, -0.2) is 11.7 Å². The van der Waals surface area contributed by atoms with Gasteiger partial charge in [0.25, 0.3) is 0 Å². The van der Waals surface area contributed by atoms with Gasteiger partial charge in [0.1, 0.15) is 0 Å². The summed E-state index contributed by atoms with van der Waals surface area (Å²) in [6, 6.07) is 1.96. The molecule has 8 heavy (non-hydrogen) atoms. The zero-order valence-corrected chi connectivity index (χ0v) is 5.44. The van der Waals surface area contributed by atoms with Gasteiger partial charge in [-0.25, -0.2) is 0 Å². The second-order valence-corrected chi connectivity index (χ2v) is 1.83. The van der Waals surface area contributed by atoms with Crippen LogP contribution in [0, 0.1) is 11.3 Å². The topological polar surface area (TPSA) is 36.1 Å². The van der Waals surface area contributed by atoms with Crippen LogP contribution >= 0.6 is 11.6 Å². The number of halogens is 1. The summed E-state index contributed by atoms with van der Waals surface area (Å²) in [4.78, 5) is 3.77. The van der Waals surface area contributed by atoms with Gasteiger partial charge in [0, 0.05) is 0 Å². The first-order chi connectivity index (χ1) is 3.77. The molecule has 0 bridgehead atoms.